The Hall–Kier alpha value is -2.79. The summed E-state index contributed by atoms with van der Waals surface area (Å²) < 4.78 is 18.8. The number of methoxy groups -OCH3 is 1. The average Bonchev–Trinajstić information content (AvgIpc) is 2.93. The molecular weight excluding hydrogens is 343 g/mol. The number of aromatic nitrogens is 1. The van der Waals surface area contributed by atoms with Crippen LogP contribution in [0.2, 0.25) is 0 Å². The first kappa shape index (κ1) is 19.0. The molecule has 0 fully saturated rings. The number of fused-ring (bicyclic) bond motifs is 1. The van der Waals surface area contributed by atoms with Crippen LogP contribution < -0.4 is 0 Å². The summed E-state index contributed by atoms with van der Waals surface area (Å²) in [5, 5.41) is 3.93. The minimum Gasteiger partial charge on any atom is -0.396 e. The van der Waals surface area contributed by atoms with Crippen LogP contribution in [0.5, 0.6) is 0 Å². The number of pyridine rings is 1. The van der Waals surface area contributed by atoms with Crippen LogP contribution in [0.15, 0.2) is 53.5 Å². The molecule has 3 rings (SSSR count). The quantitative estimate of drug-likeness (QED) is 0.376. The highest BCUT2D eigenvalue weighted by Crippen LogP contribution is 2.43. The van der Waals surface area contributed by atoms with Crippen LogP contribution in [0, 0.1) is 5.82 Å². The van der Waals surface area contributed by atoms with Gasteiger partial charge in [0.15, 0.2) is 0 Å². The van der Waals surface area contributed by atoms with Crippen LogP contribution in [0.3, 0.4) is 0 Å². The molecule has 27 heavy (non-hydrogen) atoms. The van der Waals surface area contributed by atoms with E-state index in [1.165, 1.54) is 6.07 Å². The predicted molar refractivity (Wildman–Crippen MR) is 107 cm³/mol. The lowest BCUT2D eigenvalue weighted by atomic mass is 10.0. The van der Waals surface area contributed by atoms with Gasteiger partial charge in [-0.25, -0.2) is 4.39 Å². The van der Waals surface area contributed by atoms with Gasteiger partial charge in [-0.2, -0.15) is 0 Å². The Bertz CT molecular complexity index is 873. The molecule has 0 saturated carbocycles. The number of hydrogen-bond acceptors (Lipinski definition) is 4. The van der Waals surface area contributed by atoms with Crippen molar-refractivity contribution in [1.29, 1.82) is 0 Å². The second-order valence-electron chi connectivity index (χ2n) is 6.28. The molecule has 0 aliphatic heterocycles. The molecule has 0 N–H and O–H groups in total. The second kappa shape index (κ2) is 9.24. The average molecular weight is 366 g/mol. The van der Waals surface area contributed by atoms with Gasteiger partial charge in [0.25, 0.3) is 0 Å². The summed E-state index contributed by atoms with van der Waals surface area (Å²) >= 11 is 0. The van der Waals surface area contributed by atoms with Crippen LogP contribution >= 0.6 is 0 Å². The molecule has 4 nitrogen and oxygen atoms in total. The molecule has 2 aromatic rings. The van der Waals surface area contributed by atoms with E-state index in [9.17, 15) is 4.39 Å². The highest BCUT2D eigenvalue weighted by atomic mass is 19.1. The van der Waals surface area contributed by atoms with Gasteiger partial charge in [0.2, 0.25) is 0 Å². The molecule has 1 aromatic heterocycles. The van der Waals surface area contributed by atoms with E-state index >= 15 is 0 Å². The van der Waals surface area contributed by atoms with Gasteiger partial charge >= 0.3 is 0 Å². The van der Waals surface area contributed by atoms with Gasteiger partial charge in [0, 0.05) is 38.6 Å². The number of nitrogens with zero attached hydrogens (tertiary/aromatic N) is 2. The zero-order valence-electron chi connectivity index (χ0n) is 15.6. The predicted octanol–water partition coefficient (Wildman–Crippen LogP) is 4.98. The van der Waals surface area contributed by atoms with Gasteiger partial charge < -0.3 is 9.57 Å². The summed E-state index contributed by atoms with van der Waals surface area (Å²) in [5.74, 6) is -0.234. The third kappa shape index (κ3) is 4.68. The maximum absolute atomic E-state index is 13.9. The Kier molecular flexibility index (Phi) is 6.49. The minimum atomic E-state index is -0.234. The van der Waals surface area contributed by atoms with E-state index in [1.807, 2.05) is 18.2 Å². The summed E-state index contributed by atoms with van der Waals surface area (Å²) in [6, 6.07) is 8.87. The molecule has 0 amide bonds. The van der Waals surface area contributed by atoms with Crippen molar-refractivity contribution < 1.29 is 14.0 Å². The lowest BCUT2D eigenvalue weighted by molar-refractivity contribution is 0.150. The molecule has 5 heteroatoms. The maximum Gasteiger partial charge on any atom is 0.123 e. The van der Waals surface area contributed by atoms with Crippen LogP contribution in [-0.2, 0) is 9.57 Å². The van der Waals surface area contributed by atoms with E-state index in [0.717, 1.165) is 33.4 Å². The van der Waals surface area contributed by atoms with E-state index in [4.69, 9.17) is 9.57 Å². The fourth-order valence-electron chi connectivity index (χ4n) is 3.18. The van der Waals surface area contributed by atoms with E-state index in [0.29, 0.717) is 26.1 Å². The van der Waals surface area contributed by atoms with Crippen molar-refractivity contribution >= 4 is 23.4 Å². The summed E-state index contributed by atoms with van der Waals surface area (Å²) in [4.78, 5) is 9.41. The topological polar surface area (TPSA) is 43.7 Å². The number of rotatable bonds is 8. The number of halogens is 1. The van der Waals surface area contributed by atoms with Crippen molar-refractivity contribution in [2.24, 2.45) is 5.16 Å². The third-order valence-corrected chi connectivity index (χ3v) is 4.51. The first-order valence-corrected chi connectivity index (χ1v) is 8.95. The smallest absolute Gasteiger partial charge is 0.123 e. The zero-order valence-corrected chi connectivity index (χ0v) is 15.6. The number of hydrogen-bond donors (Lipinski definition) is 0. The van der Waals surface area contributed by atoms with E-state index in [2.05, 4.69) is 23.1 Å². The lowest BCUT2D eigenvalue weighted by Gasteiger charge is -2.06. The Morgan fingerprint density at radius 3 is 2.70 bits per heavy atom. The summed E-state index contributed by atoms with van der Waals surface area (Å²) in [5.41, 5.74) is 6.38. The maximum atomic E-state index is 13.9. The fourth-order valence-corrected chi connectivity index (χ4v) is 3.18. The SMILES string of the molecule is COCCC=NOCCC1=C(C)C(=Cc2ccncc2)c2ccc(F)cc21. The number of oxime groups is 1. The van der Waals surface area contributed by atoms with E-state index < -0.39 is 0 Å². The molecule has 1 heterocycles. The van der Waals surface area contributed by atoms with Crippen molar-refractivity contribution in [3.8, 4) is 0 Å². The third-order valence-electron chi connectivity index (χ3n) is 4.51. The summed E-state index contributed by atoms with van der Waals surface area (Å²) in [6.45, 7) is 3.13. The zero-order chi connectivity index (χ0) is 19.1. The summed E-state index contributed by atoms with van der Waals surface area (Å²) in [6.07, 6.45) is 8.72. The van der Waals surface area contributed by atoms with Gasteiger partial charge in [0.05, 0.1) is 6.61 Å². The van der Waals surface area contributed by atoms with Crippen LogP contribution in [0.25, 0.3) is 17.2 Å². The molecule has 1 aromatic carbocycles. The normalized spacial score (nSPS) is 15.0. The molecule has 0 atom stereocenters. The van der Waals surface area contributed by atoms with Gasteiger partial charge in [-0.3, -0.25) is 4.98 Å². The van der Waals surface area contributed by atoms with Gasteiger partial charge in [-0.05, 0) is 70.7 Å². The number of ether oxygens (including phenoxy) is 1. The molecular formula is C22H23FN2O2. The first-order valence-electron chi connectivity index (χ1n) is 8.95. The molecule has 140 valence electrons. The van der Waals surface area contributed by atoms with Crippen LogP contribution in [-0.4, -0.2) is 31.5 Å². The fraction of sp³-hybridized carbons (Fsp3) is 0.273. The largest absolute Gasteiger partial charge is 0.396 e. The molecule has 0 unspecified atom stereocenters. The molecule has 0 radical (unpaired) electrons. The molecule has 0 spiro atoms. The Morgan fingerprint density at radius 1 is 1.11 bits per heavy atom. The van der Waals surface area contributed by atoms with Crippen molar-refractivity contribution in [1.82, 2.24) is 4.98 Å². The van der Waals surface area contributed by atoms with Crippen molar-refractivity contribution in [2.45, 2.75) is 19.8 Å². The highest BCUT2D eigenvalue weighted by molar-refractivity contribution is 6.05. The highest BCUT2D eigenvalue weighted by Gasteiger charge is 2.24. The van der Waals surface area contributed by atoms with Crippen molar-refractivity contribution in [2.75, 3.05) is 20.3 Å². The van der Waals surface area contributed by atoms with Gasteiger partial charge in [0.1, 0.15) is 12.4 Å². The van der Waals surface area contributed by atoms with Crippen molar-refractivity contribution in [3.05, 3.63) is 70.8 Å². The molecule has 1 aliphatic rings. The van der Waals surface area contributed by atoms with Crippen LogP contribution in [0.1, 0.15) is 36.5 Å². The van der Waals surface area contributed by atoms with Gasteiger partial charge in [-0.15, -0.1) is 0 Å². The second-order valence-corrected chi connectivity index (χ2v) is 6.28. The van der Waals surface area contributed by atoms with E-state index in [1.54, 1.807) is 31.8 Å². The summed E-state index contributed by atoms with van der Waals surface area (Å²) in [7, 11) is 1.65. The molecule has 0 saturated heterocycles. The standard InChI is InChI=1S/C22H23FN2O2/c1-16-19(8-13-27-25-9-3-12-26-2)22-15-18(23)4-5-20(22)21(16)14-17-6-10-24-11-7-17/h4-7,9-11,14-15H,3,8,12-13H2,1-2H3. The molecule has 0 bridgehead atoms. The van der Waals surface area contributed by atoms with Crippen molar-refractivity contribution in [3.63, 3.8) is 0 Å². The lowest BCUT2D eigenvalue weighted by Crippen LogP contribution is -1.94. The van der Waals surface area contributed by atoms with E-state index in [-0.39, 0.29) is 5.82 Å². The minimum absolute atomic E-state index is 0.234. The van der Waals surface area contributed by atoms with Crippen LogP contribution in [0.4, 0.5) is 4.39 Å². The Balaban J connectivity index is 1.80. The Morgan fingerprint density at radius 2 is 1.93 bits per heavy atom. The number of allylic oxidation sites excluding steroid dienone is 2. The number of benzene rings is 1. The monoisotopic (exact) mass is 366 g/mol. The van der Waals surface area contributed by atoms with Gasteiger partial charge in [-0.1, -0.05) is 11.2 Å². The molecule has 1 aliphatic carbocycles. The Labute approximate surface area is 159 Å². The first-order chi connectivity index (χ1) is 13.2.